The number of aliphatic hydroxyl groups is 3. The number of oxime groups is 1. The summed E-state index contributed by atoms with van der Waals surface area (Å²) >= 11 is 0. The Bertz CT molecular complexity index is 854. The topological polar surface area (TPSA) is 171 Å². The van der Waals surface area contributed by atoms with Crippen LogP contribution in [0.1, 0.15) is 32.1 Å². The summed E-state index contributed by atoms with van der Waals surface area (Å²) in [7, 11) is 0. The molecule has 2 aromatic heterocycles. The maximum atomic E-state index is 10.4. The van der Waals surface area contributed by atoms with Crippen LogP contribution in [0.15, 0.2) is 17.7 Å². The van der Waals surface area contributed by atoms with E-state index in [1.54, 1.807) is 0 Å². The van der Waals surface area contributed by atoms with Gasteiger partial charge >= 0.3 is 0 Å². The lowest BCUT2D eigenvalue weighted by atomic mass is 10.1. The zero-order valence-electron chi connectivity index (χ0n) is 15.7. The fourth-order valence-corrected chi connectivity index (χ4v) is 3.25. The molecule has 0 unspecified atom stereocenters. The zero-order valence-corrected chi connectivity index (χ0v) is 15.7. The summed E-state index contributed by atoms with van der Waals surface area (Å²) in [5, 5.41) is 45.7. The normalized spacial score (nSPS) is 25.7. The highest BCUT2D eigenvalue weighted by Gasteiger charge is 2.44. The molecular formula is C17H26N6O5. The summed E-state index contributed by atoms with van der Waals surface area (Å²) in [5.74, 6) is 0.840. The number of hydrogen-bond donors (Lipinski definition) is 6. The molecule has 3 heterocycles. The van der Waals surface area contributed by atoms with Gasteiger partial charge in [0.2, 0.25) is 0 Å². The maximum absolute atomic E-state index is 10.4. The van der Waals surface area contributed by atoms with Crippen LogP contribution in [0.3, 0.4) is 0 Å². The van der Waals surface area contributed by atoms with Gasteiger partial charge in [-0.25, -0.2) is 9.97 Å². The lowest BCUT2D eigenvalue weighted by molar-refractivity contribution is -0.0508. The molecule has 0 radical (unpaired) electrons. The molecule has 0 bridgehead atoms. The lowest BCUT2D eigenvalue weighted by Gasteiger charge is -2.17. The van der Waals surface area contributed by atoms with E-state index < -0.39 is 31.1 Å². The molecule has 2 aromatic rings. The van der Waals surface area contributed by atoms with Crippen molar-refractivity contribution in [1.29, 1.82) is 0 Å². The molecule has 11 heteroatoms. The van der Waals surface area contributed by atoms with Gasteiger partial charge in [0, 0.05) is 12.7 Å². The largest absolute Gasteiger partial charge is 0.409 e. The number of nitrogens with zero attached hydrogens (tertiary/aromatic N) is 4. The van der Waals surface area contributed by atoms with Gasteiger partial charge in [-0.3, -0.25) is 0 Å². The van der Waals surface area contributed by atoms with Crippen LogP contribution in [0.25, 0.3) is 11.0 Å². The number of aromatic nitrogens is 3. The van der Waals surface area contributed by atoms with E-state index >= 15 is 0 Å². The summed E-state index contributed by atoms with van der Waals surface area (Å²) in [4.78, 5) is 8.53. The number of anilines is 1. The summed E-state index contributed by atoms with van der Waals surface area (Å²) in [5.41, 5.74) is 6.57. The smallest absolute Gasteiger partial charge is 0.172 e. The molecule has 0 aliphatic carbocycles. The highest BCUT2D eigenvalue weighted by molar-refractivity contribution is 6.11. The van der Waals surface area contributed by atoms with Crippen molar-refractivity contribution in [2.24, 2.45) is 16.8 Å². The van der Waals surface area contributed by atoms with Crippen molar-refractivity contribution in [1.82, 2.24) is 14.5 Å². The van der Waals surface area contributed by atoms with Gasteiger partial charge in [0.05, 0.1) is 17.6 Å². The van der Waals surface area contributed by atoms with Gasteiger partial charge in [0.25, 0.3) is 0 Å². The average molecular weight is 394 g/mol. The first kappa shape index (κ1) is 20.3. The fourth-order valence-electron chi connectivity index (χ4n) is 3.25. The Morgan fingerprint density at radius 1 is 1.36 bits per heavy atom. The van der Waals surface area contributed by atoms with Crippen molar-refractivity contribution in [2.45, 2.75) is 44.8 Å². The van der Waals surface area contributed by atoms with Gasteiger partial charge in [-0.05, 0) is 12.3 Å². The molecule has 3 rings (SSSR count). The summed E-state index contributed by atoms with van der Waals surface area (Å²) in [6.45, 7) is 4.44. The number of aliphatic hydroxyl groups excluding tert-OH is 3. The number of rotatable bonds is 7. The number of nitrogens with one attached hydrogen (secondary N) is 1. The third kappa shape index (κ3) is 3.61. The number of amidine groups is 1. The molecule has 1 saturated heterocycles. The van der Waals surface area contributed by atoms with Gasteiger partial charge in [-0.1, -0.05) is 19.0 Å². The van der Waals surface area contributed by atoms with Crippen molar-refractivity contribution in [3.63, 3.8) is 0 Å². The minimum atomic E-state index is -1.29. The summed E-state index contributed by atoms with van der Waals surface area (Å²) in [6.07, 6.45) is -0.704. The minimum Gasteiger partial charge on any atom is -0.409 e. The van der Waals surface area contributed by atoms with Gasteiger partial charge < -0.3 is 40.9 Å². The van der Waals surface area contributed by atoms with Crippen LogP contribution in [0.5, 0.6) is 0 Å². The Balaban J connectivity index is 2.07. The Kier molecular flexibility index (Phi) is 5.98. The number of hydrogen-bond acceptors (Lipinski definition) is 9. The van der Waals surface area contributed by atoms with Crippen molar-refractivity contribution in [3.05, 3.63) is 18.1 Å². The fraction of sp³-hybridized carbons (Fsp3) is 0.588. The van der Waals surface area contributed by atoms with E-state index in [4.69, 9.17) is 10.5 Å². The third-order valence-corrected chi connectivity index (χ3v) is 4.80. The molecule has 4 atom stereocenters. The van der Waals surface area contributed by atoms with Crippen LogP contribution in [-0.4, -0.2) is 72.4 Å². The van der Waals surface area contributed by atoms with E-state index in [0.29, 0.717) is 34.9 Å². The number of nitrogens with two attached hydrogens (primary N) is 1. The predicted octanol–water partition coefficient (Wildman–Crippen LogP) is -0.405. The molecule has 1 fully saturated rings. The van der Waals surface area contributed by atoms with E-state index in [-0.39, 0.29) is 5.84 Å². The standard InChI is InChI=1S/C17H26N6O5/c1-8(2)3-4-19-15-11-9(14(18)22-27)5-23(16(11)21-7-20-15)17-13(26)12(25)10(6-24)28-17/h5,7-8,10,12-13,17,24-27H,3-4,6H2,1-2H3,(H2,18,22)(H,19,20,21)/t10-,12-,13-,17-/m1/s1. The van der Waals surface area contributed by atoms with Crippen LogP contribution in [-0.2, 0) is 4.74 Å². The minimum absolute atomic E-state index is 0.155. The molecular weight excluding hydrogens is 368 g/mol. The van der Waals surface area contributed by atoms with Crippen LogP contribution in [0.2, 0.25) is 0 Å². The van der Waals surface area contributed by atoms with Crippen molar-refractivity contribution in [2.75, 3.05) is 18.5 Å². The van der Waals surface area contributed by atoms with Gasteiger partial charge in [0.1, 0.15) is 36.1 Å². The van der Waals surface area contributed by atoms with Crippen LogP contribution in [0, 0.1) is 5.92 Å². The van der Waals surface area contributed by atoms with Gasteiger partial charge in [0.15, 0.2) is 12.1 Å². The molecule has 28 heavy (non-hydrogen) atoms. The molecule has 11 nitrogen and oxygen atoms in total. The van der Waals surface area contributed by atoms with E-state index in [0.717, 1.165) is 6.42 Å². The van der Waals surface area contributed by atoms with E-state index in [1.807, 2.05) is 0 Å². The molecule has 154 valence electrons. The van der Waals surface area contributed by atoms with Crippen LogP contribution >= 0.6 is 0 Å². The monoisotopic (exact) mass is 394 g/mol. The van der Waals surface area contributed by atoms with Crippen molar-refractivity contribution in [3.8, 4) is 0 Å². The Hall–Kier alpha value is -2.47. The number of fused-ring (bicyclic) bond motifs is 1. The molecule has 0 saturated carbocycles. The average Bonchev–Trinajstić information content (AvgIpc) is 3.20. The van der Waals surface area contributed by atoms with Crippen molar-refractivity contribution < 1.29 is 25.3 Å². The second-order valence-corrected chi connectivity index (χ2v) is 7.19. The van der Waals surface area contributed by atoms with Crippen LogP contribution < -0.4 is 11.1 Å². The first-order chi connectivity index (χ1) is 13.4. The van der Waals surface area contributed by atoms with Gasteiger partial charge in [-0.15, -0.1) is 0 Å². The quantitative estimate of drug-likeness (QED) is 0.158. The molecule has 1 aliphatic rings. The van der Waals surface area contributed by atoms with E-state index in [2.05, 4.69) is 34.3 Å². The van der Waals surface area contributed by atoms with E-state index in [9.17, 15) is 20.5 Å². The predicted molar refractivity (Wildman–Crippen MR) is 101 cm³/mol. The SMILES string of the molecule is CC(C)CCNc1ncnc2c1c(/C(N)=N\O)cn2[C@@H]1O[C@H](CO)[C@@H](O)[C@H]1O. The second-order valence-electron chi connectivity index (χ2n) is 7.19. The Morgan fingerprint density at radius 2 is 2.11 bits per heavy atom. The lowest BCUT2D eigenvalue weighted by Crippen LogP contribution is -2.33. The summed E-state index contributed by atoms with van der Waals surface area (Å²) < 4.78 is 7.09. The maximum Gasteiger partial charge on any atom is 0.172 e. The van der Waals surface area contributed by atoms with E-state index in [1.165, 1.54) is 17.1 Å². The van der Waals surface area contributed by atoms with Gasteiger partial charge in [-0.2, -0.15) is 0 Å². The zero-order chi connectivity index (χ0) is 20.4. The molecule has 0 amide bonds. The molecule has 7 N–H and O–H groups in total. The highest BCUT2D eigenvalue weighted by atomic mass is 16.6. The summed E-state index contributed by atoms with van der Waals surface area (Å²) in [6, 6.07) is 0. The Morgan fingerprint density at radius 3 is 2.71 bits per heavy atom. The third-order valence-electron chi connectivity index (χ3n) is 4.80. The molecule has 1 aliphatic heterocycles. The van der Waals surface area contributed by atoms with Crippen LogP contribution in [0.4, 0.5) is 5.82 Å². The highest BCUT2D eigenvalue weighted by Crippen LogP contribution is 2.35. The Labute approximate surface area is 161 Å². The first-order valence-corrected chi connectivity index (χ1v) is 9.08. The van der Waals surface area contributed by atoms with Crippen molar-refractivity contribution >= 4 is 22.7 Å². The first-order valence-electron chi connectivity index (χ1n) is 9.08. The molecule has 0 spiro atoms. The second kappa shape index (κ2) is 8.27. The molecule has 0 aromatic carbocycles. The number of ether oxygens (including phenoxy) is 1.